The normalized spacial score (nSPS) is 13.8. The number of nitrogens with zero attached hydrogens (tertiary/aromatic N) is 4. The van der Waals surface area contributed by atoms with E-state index < -0.39 is 0 Å². The third-order valence-corrected chi connectivity index (χ3v) is 6.27. The summed E-state index contributed by atoms with van der Waals surface area (Å²) in [5.41, 5.74) is 4.27. The van der Waals surface area contributed by atoms with Gasteiger partial charge in [0.05, 0.1) is 0 Å². The zero-order valence-corrected chi connectivity index (χ0v) is 19.5. The highest BCUT2D eigenvalue weighted by atomic mass is 19.1. The standard InChI is InChI=1S/C26H27FN6O/c1-16-8-17(13-28-2)9-22(27)26(16)18-4-5-19-14-29-23(11-20(19)10-18)30-24-12-21-6-7-32(3)25(34)15-33(21)31-24/h4-5,8-12,14,28H,6-7,13,15H2,1-3H3,(H,29,30,31). The molecule has 0 fully saturated rings. The molecule has 0 saturated carbocycles. The van der Waals surface area contributed by atoms with E-state index in [0.717, 1.165) is 39.6 Å². The van der Waals surface area contributed by atoms with E-state index in [1.807, 2.05) is 57.4 Å². The molecule has 34 heavy (non-hydrogen) atoms. The molecule has 1 aliphatic rings. The van der Waals surface area contributed by atoms with E-state index in [9.17, 15) is 9.18 Å². The molecule has 1 amide bonds. The van der Waals surface area contributed by atoms with Crippen LogP contribution in [0, 0.1) is 12.7 Å². The van der Waals surface area contributed by atoms with Gasteiger partial charge in [0.15, 0.2) is 5.82 Å². The highest BCUT2D eigenvalue weighted by molar-refractivity contribution is 5.89. The van der Waals surface area contributed by atoms with Crippen LogP contribution in [-0.2, 0) is 24.3 Å². The number of anilines is 2. The van der Waals surface area contributed by atoms with Crippen LogP contribution in [0.1, 0.15) is 16.8 Å². The van der Waals surface area contributed by atoms with Crippen LogP contribution < -0.4 is 10.6 Å². The molecule has 0 bridgehead atoms. The number of fused-ring (bicyclic) bond motifs is 2. The van der Waals surface area contributed by atoms with Gasteiger partial charge in [-0.15, -0.1) is 0 Å². The number of amides is 1. The number of pyridine rings is 1. The fourth-order valence-corrected chi connectivity index (χ4v) is 4.49. The smallest absolute Gasteiger partial charge is 0.244 e. The summed E-state index contributed by atoms with van der Waals surface area (Å²) < 4.78 is 16.7. The number of hydrogen-bond acceptors (Lipinski definition) is 5. The number of benzene rings is 2. The molecule has 2 N–H and O–H groups in total. The Morgan fingerprint density at radius 1 is 1.09 bits per heavy atom. The van der Waals surface area contributed by atoms with E-state index in [0.29, 0.717) is 30.3 Å². The van der Waals surface area contributed by atoms with Crippen LogP contribution >= 0.6 is 0 Å². The number of hydrogen-bond donors (Lipinski definition) is 2. The van der Waals surface area contributed by atoms with E-state index in [1.165, 1.54) is 0 Å². The minimum absolute atomic E-state index is 0.0475. The van der Waals surface area contributed by atoms with E-state index in [4.69, 9.17) is 0 Å². The molecule has 0 atom stereocenters. The third-order valence-electron chi connectivity index (χ3n) is 6.27. The average molecular weight is 459 g/mol. The van der Waals surface area contributed by atoms with Crippen LogP contribution in [0.4, 0.5) is 16.0 Å². The molecule has 0 spiro atoms. The van der Waals surface area contributed by atoms with Gasteiger partial charge in [0.25, 0.3) is 0 Å². The van der Waals surface area contributed by atoms with Gasteiger partial charge in [-0.25, -0.2) is 9.37 Å². The molecular formula is C26H27FN6O. The largest absolute Gasteiger partial charge is 0.344 e. The maximum Gasteiger partial charge on any atom is 0.244 e. The van der Waals surface area contributed by atoms with Crippen molar-refractivity contribution in [2.24, 2.45) is 0 Å². The number of aromatic nitrogens is 3. The summed E-state index contributed by atoms with van der Waals surface area (Å²) in [7, 11) is 3.66. The second kappa shape index (κ2) is 8.87. The van der Waals surface area contributed by atoms with Crippen LogP contribution in [0.2, 0.25) is 0 Å². The summed E-state index contributed by atoms with van der Waals surface area (Å²) in [5.74, 6) is 1.11. The van der Waals surface area contributed by atoms with Crippen molar-refractivity contribution in [3.63, 3.8) is 0 Å². The first-order chi connectivity index (χ1) is 16.4. The highest BCUT2D eigenvalue weighted by Crippen LogP contribution is 2.31. The van der Waals surface area contributed by atoms with E-state index in [1.54, 1.807) is 21.8 Å². The van der Waals surface area contributed by atoms with Crippen molar-refractivity contribution >= 4 is 28.3 Å². The SMILES string of the molecule is CNCc1cc(C)c(-c2ccc3cnc(Nc4cc5n(n4)CC(=O)N(C)CC5)cc3c2)c(F)c1. The molecule has 0 saturated heterocycles. The lowest BCUT2D eigenvalue weighted by Gasteiger charge is -2.12. The van der Waals surface area contributed by atoms with Crippen molar-refractivity contribution < 1.29 is 9.18 Å². The van der Waals surface area contributed by atoms with Crippen LogP contribution in [0.25, 0.3) is 21.9 Å². The number of rotatable bonds is 5. The lowest BCUT2D eigenvalue weighted by molar-refractivity contribution is -0.130. The number of aryl methyl sites for hydroxylation is 1. The first-order valence-corrected chi connectivity index (χ1v) is 11.3. The van der Waals surface area contributed by atoms with Crippen molar-refractivity contribution in [1.82, 2.24) is 25.0 Å². The van der Waals surface area contributed by atoms with Crippen LogP contribution in [0.3, 0.4) is 0 Å². The molecule has 3 heterocycles. The second-order valence-corrected chi connectivity index (χ2v) is 8.80. The quantitative estimate of drug-likeness (QED) is 0.473. The van der Waals surface area contributed by atoms with E-state index >= 15 is 0 Å². The second-order valence-electron chi connectivity index (χ2n) is 8.80. The maximum atomic E-state index is 15.0. The lowest BCUT2D eigenvalue weighted by atomic mass is 9.96. The first kappa shape index (κ1) is 22.0. The van der Waals surface area contributed by atoms with Gasteiger partial charge in [-0.05, 0) is 54.2 Å². The summed E-state index contributed by atoms with van der Waals surface area (Å²) in [5, 5.41) is 12.8. The zero-order valence-electron chi connectivity index (χ0n) is 19.5. The summed E-state index contributed by atoms with van der Waals surface area (Å²) >= 11 is 0. The monoisotopic (exact) mass is 458 g/mol. The van der Waals surface area contributed by atoms with Crippen molar-refractivity contribution in [3.05, 3.63) is 71.3 Å². The molecular weight excluding hydrogens is 431 g/mol. The van der Waals surface area contributed by atoms with Gasteiger partial charge in [-0.3, -0.25) is 9.48 Å². The van der Waals surface area contributed by atoms with Gasteiger partial charge in [-0.1, -0.05) is 18.2 Å². The topological polar surface area (TPSA) is 75.1 Å². The highest BCUT2D eigenvalue weighted by Gasteiger charge is 2.19. The molecule has 4 aromatic rings. The lowest BCUT2D eigenvalue weighted by Crippen LogP contribution is -2.29. The summed E-state index contributed by atoms with van der Waals surface area (Å²) in [6, 6.07) is 13.4. The molecule has 7 nitrogen and oxygen atoms in total. The fraction of sp³-hybridized carbons (Fsp3) is 0.269. The Morgan fingerprint density at radius 2 is 1.94 bits per heavy atom. The predicted molar refractivity (Wildman–Crippen MR) is 131 cm³/mol. The first-order valence-electron chi connectivity index (χ1n) is 11.3. The minimum Gasteiger partial charge on any atom is -0.344 e. The van der Waals surface area contributed by atoms with Gasteiger partial charge >= 0.3 is 0 Å². The zero-order chi connectivity index (χ0) is 23.8. The van der Waals surface area contributed by atoms with Crippen LogP contribution in [0.5, 0.6) is 0 Å². The molecule has 2 aromatic heterocycles. The Labute approximate surface area is 197 Å². The molecule has 5 rings (SSSR count). The van der Waals surface area contributed by atoms with E-state index in [2.05, 4.69) is 20.7 Å². The van der Waals surface area contributed by atoms with Crippen molar-refractivity contribution in [2.45, 2.75) is 26.4 Å². The molecule has 8 heteroatoms. The number of likely N-dealkylation sites (N-methyl/N-ethyl adjacent to an activating group) is 1. The van der Waals surface area contributed by atoms with Crippen LogP contribution in [-0.4, -0.2) is 46.2 Å². The van der Waals surface area contributed by atoms with Gasteiger partial charge in [-0.2, -0.15) is 5.10 Å². The Morgan fingerprint density at radius 3 is 2.74 bits per heavy atom. The maximum absolute atomic E-state index is 15.0. The van der Waals surface area contributed by atoms with Gasteiger partial charge in [0.2, 0.25) is 5.91 Å². The molecule has 2 aromatic carbocycles. The summed E-state index contributed by atoms with van der Waals surface area (Å²) in [6.45, 7) is 3.47. The Kier molecular flexibility index (Phi) is 5.75. The van der Waals surface area contributed by atoms with Crippen molar-refractivity contribution in [1.29, 1.82) is 0 Å². The van der Waals surface area contributed by atoms with Gasteiger partial charge < -0.3 is 15.5 Å². The fourth-order valence-electron chi connectivity index (χ4n) is 4.49. The molecule has 174 valence electrons. The number of halogens is 1. The molecule has 0 unspecified atom stereocenters. The summed E-state index contributed by atoms with van der Waals surface area (Å²) in [6.07, 6.45) is 2.55. The van der Waals surface area contributed by atoms with E-state index in [-0.39, 0.29) is 18.3 Å². The Balaban J connectivity index is 1.44. The van der Waals surface area contributed by atoms with Gasteiger partial charge in [0.1, 0.15) is 18.2 Å². The molecule has 0 radical (unpaired) electrons. The number of carbonyl (C=O) groups excluding carboxylic acids is 1. The third kappa shape index (κ3) is 4.24. The Hall–Kier alpha value is -3.78. The molecule has 1 aliphatic heterocycles. The van der Waals surface area contributed by atoms with Crippen LogP contribution in [0.15, 0.2) is 48.7 Å². The van der Waals surface area contributed by atoms with Gasteiger partial charge in [0, 0.05) is 55.5 Å². The molecule has 0 aliphatic carbocycles. The summed E-state index contributed by atoms with van der Waals surface area (Å²) in [4.78, 5) is 18.4. The minimum atomic E-state index is -0.225. The number of nitrogens with one attached hydrogen (secondary N) is 2. The Bertz CT molecular complexity index is 1370. The predicted octanol–water partition coefficient (Wildman–Crippen LogP) is 4.02. The van der Waals surface area contributed by atoms with Crippen molar-refractivity contribution in [2.75, 3.05) is 26.0 Å². The number of carbonyl (C=O) groups is 1. The average Bonchev–Trinajstić information content (AvgIpc) is 3.11. The van der Waals surface area contributed by atoms with Crippen molar-refractivity contribution in [3.8, 4) is 11.1 Å².